The summed E-state index contributed by atoms with van der Waals surface area (Å²) in [5.74, 6) is -0.796. The van der Waals surface area contributed by atoms with Crippen molar-refractivity contribution >= 4 is 23.4 Å². The second-order valence-corrected chi connectivity index (χ2v) is 5.35. The third-order valence-electron chi connectivity index (χ3n) is 3.38. The summed E-state index contributed by atoms with van der Waals surface area (Å²) < 4.78 is 5.37. The summed E-state index contributed by atoms with van der Waals surface area (Å²) in [6.07, 6.45) is -0.0435. The number of amides is 3. The van der Waals surface area contributed by atoms with Crippen LogP contribution in [0.5, 0.6) is 5.75 Å². The van der Waals surface area contributed by atoms with Crippen molar-refractivity contribution in [1.29, 1.82) is 0 Å². The summed E-state index contributed by atoms with van der Waals surface area (Å²) in [5.41, 5.74) is 5.60. The van der Waals surface area contributed by atoms with Gasteiger partial charge in [0.2, 0.25) is 11.8 Å². The molecule has 3 amide bonds. The molecule has 0 saturated heterocycles. The number of hydrogen-bond acceptors (Lipinski definition) is 4. The van der Waals surface area contributed by atoms with Crippen LogP contribution in [0.4, 0.5) is 5.69 Å². The lowest BCUT2D eigenvalue weighted by molar-refractivity contribution is -0.124. The second kappa shape index (κ2) is 9.83. The number of hydrogen-bond donors (Lipinski definition) is 3. The Hall–Kier alpha value is -3.35. The zero-order valence-electron chi connectivity index (χ0n) is 14.5. The van der Waals surface area contributed by atoms with Crippen LogP contribution in [-0.2, 0) is 9.59 Å². The van der Waals surface area contributed by atoms with E-state index in [0.717, 1.165) is 0 Å². The van der Waals surface area contributed by atoms with Crippen LogP contribution >= 0.6 is 0 Å². The summed E-state index contributed by atoms with van der Waals surface area (Å²) in [6.45, 7) is 2.24. The number of carbonyl (C=O) groups is 3. The van der Waals surface area contributed by atoms with Gasteiger partial charge in [0, 0.05) is 18.5 Å². The van der Waals surface area contributed by atoms with Gasteiger partial charge in [-0.1, -0.05) is 30.3 Å². The number of nitrogens with one attached hydrogen (secondary N) is 3. The highest BCUT2D eigenvalue weighted by Crippen LogP contribution is 2.17. The van der Waals surface area contributed by atoms with Gasteiger partial charge in [0.05, 0.1) is 12.2 Å². The number of para-hydroxylation sites is 2. The Labute approximate surface area is 151 Å². The Balaban J connectivity index is 1.76. The fourth-order valence-electron chi connectivity index (χ4n) is 2.16. The van der Waals surface area contributed by atoms with Gasteiger partial charge in [-0.25, -0.2) is 0 Å². The lowest BCUT2D eigenvalue weighted by Crippen LogP contribution is -2.42. The van der Waals surface area contributed by atoms with E-state index in [9.17, 15) is 14.4 Å². The summed E-state index contributed by atoms with van der Waals surface area (Å²) in [7, 11) is 0. The quantitative estimate of drug-likeness (QED) is 0.664. The first-order valence-electron chi connectivity index (χ1n) is 8.26. The molecule has 0 aliphatic carbocycles. The van der Waals surface area contributed by atoms with E-state index in [-0.39, 0.29) is 18.7 Å². The number of ether oxygens (including phenoxy) is 1. The molecule has 0 aromatic heterocycles. The van der Waals surface area contributed by atoms with Crippen LogP contribution in [0.3, 0.4) is 0 Å². The molecule has 0 bridgehead atoms. The van der Waals surface area contributed by atoms with Crippen LogP contribution in [-0.4, -0.2) is 24.3 Å². The largest absolute Gasteiger partial charge is 0.493 e. The lowest BCUT2D eigenvalue weighted by Gasteiger charge is -2.11. The fraction of sp³-hybridized carbons (Fsp3) is 0.211. The van der Waals surface area contributed by atoms with Crippen LogP contribution in [0.2, 0.25) is 0 Å². The molecule has 0 aliphatic heterocycles. The molecule has 136 valence electrons. The highest BCUT2D eigenvalue weighted by atomic mass is 16.5. The van der Waals surface area contributed by atoms with E-state index in [2.05, 4.69) is 16.2 Å². The van der Waals surface area contributed by atoms with E-state index in [4.69, 9.17) is 4.74 Å². The average Bonchev–Trinajstić information content (AvgIpc) is 2.66. The minimum absolute atomic E-state index is 0.00608. The molecular formula is C19H21N3O4. The monoisotopic (exact) mass is 355 g/mol. The summed E-state index contributed by atoms with van der Waals surface area (Å²) >= 11 is 0. The van der Waals surface area contributed by atoms with E-state index in [1.165, 1.54) is 0 Å². The SMILES string of the molecule is CCOc1ccccc1C(=O)NNC(=O)CCC(=O)Nc1ccccc1. The first-order valence-corrected chi connectivity index (χ1v) is 8.26. The predicted molar refractivity (Wildman–Crippen MR) is 97.5 cm³/mol. The highest BCUT2D eigenvalue weighted by molar-refractivity contribution is 5.98. The molecule has 2 aromatic carbocycles. The van der Waals surface area contributed by atoms with Crippen LogP contribution in [0.15, 0.2) is 54.6 Å². The van der Waals surface area contributed by atoms with E-state index in [1.54, 1.807) is 48.5 Å². The standard InChI is InChI=1S/C19H21N3O4/c1-2-26-16-11-7-6-10-15(16)19(25)22-21-18(24)13-12-17(23)20-14-8-4-3-5-9-14/h3-11H,2,12-13H2,1H3,(H,20,23)(H,21,24)(H,22,25). The Bertz CT molecular complexity index is 762. The summed E-state index contributed by atoms with van der Waals surface area (Å²) in [4.78, 5) is 35.7. The number of carbonyl (C=O) groups excluding carboxylic acids is 3. The van der Waals surface area contributed by atoms with E-state index >= 15 is 0 Å². The number of benzene rings is 2. The van der Waals surface area contributed by atoms with Crippen molar-refractivity contribution in [2.24, 2.45) is 0 Å². The zero-order valence-corrected chi connectivity index (χ0v) is 14.5. The van der Waals surface area contributed by atoms with Crippen molar-refractivity contribution in [2.45, 2.75) is 19.8 Å². The van der Waals surface area contributed by atoms with Crippen molar-refractivity contribution in [2.75, 3.05) is 11.9 Å². The zero-order chi connectivity index (χ0) is 18.8. The molecule has 2 aromatic rings. The van der Waals surface area contributed by atoms with Crippen LogP contribution in [0.25, 0.3) is 0 Å². The molecule has 7 heteroatoms. The van der Waals surface area contributed by atoms with Crippen molar-refractivity contribution in [3.05, 3.63) is 60.2 Å². The van der Waals surface area contributed by atoms with Crippen LogP contribution < -0.4 is 20.9 Å². The maximum Gasteiger partial charge on any atom is 0.273 e. The fourth-order valence-corrected chi connectivity index (χ4v) is 2.16. The molecule has 0 heterocycles. The molecule has 26 heavy (non-hydrogen) atoms. The minimum atomic E-state index is -0.490. The average molecular weight is 355 g/mol. The van der Waals surface area contributed by atoms with Gasteiger partial charge >= 0.3 is 0 Å². The van der Waals surface area contributed by atoms with Gasteiger partial charge in [0.25, 0.3) is 5.91 Å². The molecule has 0 fully saturated rings. The second-order valence-electron chi connectivity index (χ2n) is 5.35. The molecular weight excluding hydrogens is 334 g/mol. The van der Waals surface area contributed by atoms with Gasteiger partial charge in [0.1, 0.15) is 5.75 Å². The Morgan fingerprint density at radius 2 is 1.50 bits per heavy atom. The Morgan fingerprint density at radius 1 is 0.846 bits per heavy atom. The van der Waals surface area contributed by atoms with Gasteiger partial charge < -0.3 is 10.1 Å². The molecule has 0 unspecified atom stereocenters. The van der Waals surface area contributed by atoms with Crippen LogP contribution in [0, 0.1) is 0 Å². The first kappa shape index (κ1) is 19.0. The number of hydrazine groups is 1. The Morgan fingerprint density at radius 3 is 2.23 bits per heavy atom. The van der Waals surface area contributed by atoms with Gasteiger partial charge in [-0.2, -0.15) is 0 Å². The minimum Gasteiger partial charge on any atom is -0.493 e. The molecule has 3 N–H and O–H groups in total. The van der Waals surface area contributed by atoms with Gasteiger partial charge in [-0.05, 0) is 31.2 Å². The van der Waals surface area contributed by atoms with Crippen molar-refractivity contribution < 1.29 is 19.1 Å². The smallest absolute Gasteiger partial charge is 0.273 e. The lowest BCUT2D eigenvalue weighted by atomic mass is 10.2. The van der Waals surface area contributed by atoms with Gasteiger partial charge in [-0.3, -0.25) is 25.2 Å². The van der Waals surface area contributed by atoms with Crippen molar-refractivity contribution in [1.82, 2.24) is 10.9 Å². The van der Waals surface area contributed by atoms with Gasteiger partial charge in [0.15, 0.2) is 0 Å². The normalized spacial score (nSPS) is 9.88. The summed E-state index contributed by atoms with van der Waals surface area (Å²) in [5, 5.41) is 2.69. The van der Waals surface area contributed by atoms with Crippen LogP contribution in [0.1, 0.15) is 30.1 Å². The molecule has 0 radical (unpaired) electrons. The van der Waals surface area contributed by atoms with Gasteiger partial charge in [-0.15, -0.1) is 0 Å². The van der Waals surface area contributed by atoms with E-state index in [0.29, 0.717) is 23.6 Å². The number of anilines is 1. The molecule has 0 aliphatic rings. The highest BCUT2D eigenvalue weighted by Gasteiger charge is 2.13. The maximum atomic E-state index is 12.1. The maximum absolute atomic E-state index is 12.1. The molecule has 0 spiro atoms. The first-order chi connectivity index (χ1) is 12.6. The topological polar surface area (TPSA) is 96.5 Å². The molecule has 7 nitrogen and oxygen atoms in total. The van der Waals surface area contributed by atoms with Crippen molar-refractivity contribution in [3.8, 4) is 5.75 Å². The van der Waals surface area contributed by atoms with E-state index in [1.807, 2.05) is 13.0 Å². The predicted octanol–water partition coefficient (Wildman–Crippen LogP) is 2.27. The Kier molecular flexibility index (Phi) is 7.17. The summed E-state index contributed by atoms with van der Waals surface area (Å²) in [6, 6.07) is 15.7. The molecule has 0 saturated carbocycles. The molecule has 2 rings (SSSR count). The van der Waals surface area contributed by atoms with Crippen molar-refractivity contribution in [3.63, 3.8) is 0 Å². The van der Waals surface area contributed by atoms with E-state index < -0.39 is 11.8 Å². The number of rotatable bonds is 7. The third kappa shape index (κ3) is 5.94. The third-order valence-corrected chi connectivity index (χ3v) is 3.38. The molecule has 0 atom stereocenters.